The first kappa shape index (κ1) is 11.7. The highest BCUT2D eigenvalue weighted by Gasteiger charge is 2.35. The third-order valence-electron chi connectivity index (χ3n) is 2.61. The summed E-state index contributed by atoms with van der Waals surface area (Å²) in [5.74, 6) is -0.945. The monoisotopic (exact) mass is 212 g/mol. The zero-order valence-electron chi connectivity index (χ0n) is 9.10. The number of piperazine rings is 1. The van der Waals surface area contributed by atoms with Gasteiger partial charge in [0.2, 0.25) is 0 Å². The summed E-state index contributed by atoms with van der Waals surface area (Å²) in [7, 11) is 0. The van der Waals surface area contributed by atoms with Crippen LogP contribution in [-0.4, -0.2) is 53.6 Å². The summed E-state index contributed by atoms with van der Waals surface area (Å²) in [5, 5.41) is 0. The van der Waals surface area contributed by atoms with E-state index in [-0.39, 0.29) is 12.5 Å². The molecule has 1 aliphatic rings. The molecule has 1 rings (SSSR count). The van der Waals surface area contributed by atoms with E-state index in [1.807, 2.05) is 13.8 Å². The molecule has 1 heterocycles. The Bertz CT molecular complexity index is 278. The molecular formula is C10H16N2O3. The molecule has 1 unspecified atom stereocenters. The van der Waals surface area contributed by atoms with Gasteiger partial charge in [-0.15, -0.1) is 0 Å². The highest BCUT2D eigenvalue weighted by atomic mass is 16.2. The van der Waals surface area contributed by atoms with Gasteiger partial charge in [-0.05, 0) is 13.8 Å². The minimum Gasteiger partial charge on any atom is -0.332 e. The van der Waals surface area contributed by atoms with E-state index in [9.17, 15) is 14.4 Å². The van der Waals surface area contributed by atoms with Crippen molar-refractivity contribution in [3.63, 3.8) is 0 Å². The lowest BCUT2D eigenvalue weighted by Crippen LogP contribution is -2.58. The Kier molecular flexibility index (Phi) is 3.82. The molecule has 1 atom stereocenters. The van der Waals surface area contributed by atoms with Gasteiger partial charge in [-0.1, -0.05) is 0 Å². The van der Waals surface area contributed by atoms with E-state index in [0.29, 0.717) is 19.6 Å². The van der Waals surface area contributed by atoms with E-state index in [4.69, 9.17) is 0 Å². The second kappa shape index (κ2) is 4.91. The second-order valence-corrected chi connectivity index (χ2v) is 3.65. The van der Waals surface area contributed by atoms with Crippen LogP contribution in [0.1, 0.15) is 20.3 Å². The Morgan fingerprint density at radius 3 is 2.60 bits per heavy atom. The maximum Gasteiger partial charge on any atom is 0.312 e. The minimum absolute atomic E-state index is 0.0341. The van der Waals surface area contributed by atoms with Crippen molar-refractivity contribution < 1.29 is 14.4 Å². The van der Waals surface area contributed by atoms with Gasteiger partial charge in [0.05, 0.1) is 0 Å². The number of likely N-dealkylation sites (N-methyl/N-ethyl adjacent to an activating group) is 1. The minimum atomic E-state index is -0.489. The molecule has 0 aromatic rings. The maximum atomic E-state index is 11.6. The number of hydrogen-bond donors (Lipinski definition) is 0. The summed E-state index contributed by atoms with van der Waals surface area (Å²) in [5.41, 5.74) is 0. The molecule has 84 valence electrons. The summed E-state index contributed by atoms with van der Waals surface area (Å²) in [6.45, 7) is 5.17. The largest absolute Gasteiger partial charge is 0.332 e. The Morgan fingerprint density at radius 2 is 2.07 bits per heavy atom. The summed E-state index contributed by atoms with van der Waals surface area (Å²) in [6.07, 6.45) is 1.05. The summed E-state index contributed by atoms with van der Waals surface area (Å²) < 4.78 is 0. The zero-order chi connectivity index (χ0) is 11.4. The molecule has 15 heavy (non-hydrogen) atoms. The van der Waals surface area contributed by atoms with Crippen LogP contribution in [0.15, 0.2) is 0 Å². The fourth-order valence-electron chi connectivity index (χ4n) is 1.82. The molecule has 2 amide bonds. The summed E-state index contributed by atoms with van der Waals surface area (Å²) in [6, 6.07) is 0.0341. The number of carbonyl (C=O) groups excluding carboxylic acids is 3. The van der Waals surface area contributed by atoms with Gasteiger partial charge in [0.15, 0.2) is 0 Å². The fraction of sp³-hybridized carbons (Fsp3) is 0.700. The van der Waals surface area contributed by atoms with Gasteiger partial charge < -0.3 is 14.6 Å². The Hall–Kier alpha value is -1.39. The van der Waals surface area contributed by atoms with E-state index < -0.39 is 11.8 Å². The lowest BCUT2D eigenvalue weighted by molar-refractivity contribution is -0.158. The van der Waals surface area contributed by atoms with E-state index in [1.54, 1.807) is 4.90 Å². The predicted molar refractivity (Wildman–Crippen MR) is 54.1 cm³/mol. The summed E-state index contributed by atoms with van der Waals surface area (Å²) in [4.78, 5) is 36.4. The molecule has 5 heteroatoms. The number of amides is 2. The maximum absolute atomic E-state index is 11.6. The normalized spacial score (nSPS) is 22.1. The van der Waals surface area contributed by atoms with E-state index >= 15 is 0 Å². The van der Waals surface area contributed by atoms with E-state index in [2.05, 4.69) is 0 Å². The van der Waals surface area contributed by atoms with Crippen LogP contribution in [0.4, 0.5) is 0 Å². The standard InChI is InChI=1S/C10H16N2O3/c1-3-12-8(2)7-11(5-4-6-13)9(14)10(12)15/h6,8H,3-5,7H2,1-2H3. The van der Waals surface area contributed by atoms with Gasteiger partial charge in [-0.3, -0.25) is 9.59 Å². The SMILES string of the molecule is CCN1C(=O)C(=O)N(CCC=O)CC1C. The van der Waals surface area contributed by atoms with Crippen LogP contribution in [0.25, 0.3) is 0 Å². The first-order valence-electron chi connectivity index (χ1n) is 5.15. The van der Waals surface area contributed by atoms with Gasteiger partial charge >= 0.3 is 11.8 Å². The number of hydrogen-bond acceptors (Lipinski definition) is 3. The topological polar surface area (TPSA) is 57.7 Å². The van der Waals surface area contributed by atoms with Crippen molar-refractivity contribution >= 4 is 18.1 Å². The summed E-state index contributed by atoms with van der Waals surface area (Å²) >= 11 is 0. The zero-order valence-corrected chi connectivity index (χ0v) is 9.10. The van der Waals surface area contributed by atoms with Crippen LogP contribution in [0, 0.1) is 0 Å². The van der Waals surface area contributed by atoms with Crippen LogP contribution in [-0.2, 0) is 14.4 Å². The lowest BCUT2D eigenvalue weighted by atomic mass is 10.1. The first-order valence-corrected chi connectivity index (χ1v) is 5.15. The number of aldehydes is 1. The smallest absolute Gasteiger partial charge is 0.312 e. The molecule has 0 bridgehead atoms. The number of nitrogens with zero attached hydrogens (tertiary/aromatic N) is 2. The highest BCUT2D eigenvalue weighted by molar-refractivity contribution is 6.35. The van der Waals surface area contributed by atoms with Crippen molar-refractivity contribution in [3.05, 3.63) is 0 Å². The van der Waals surface area contributed by atoms with Crippen LogP contribution in [0.3, 0.4) is 0 Å². The Labute approximate surface area is 89.0 Å². The van der Waals surface area contributed by atoms with Gasteiger partial charge in [0.1, 0.15) is 6.29 Å². The lowest BCUT2D eigenvalue weighted by Gasteiger charge is -2.38. The van der Waals surface area contributed by atoms with Gasteiger partial charge in [-0.2, -0.15) is 0 Å². The molecule has 1 saturated heterocycles. The van der Waals surface area contributed by atoms with E-state index in [0.717, 1.165) is 6.29 Å². The van der Waals surface area contributed by atoms with Crippen LogP contribution >= 0.6 is 0 Å². The fourth-order valence-corrected chi connectivity index (χ4v) is 1.82. The van der Waals surface area contributed by atoms with Crippen LogP contribution in [0.5, 0.6) is 0 Å². The first-order chi connectivity index (χ1) is 7.11. The molecule has 0 aromatic heterocycles. The van der Waals surface area contributed by atoms with E-state index in [1.165, 1.54) is 4.90 Å². The van der Waals surface area contributed by atoms with Crippen LogP contribution in [0.2, 0.25) is 0 Å². The highest BCUT2D eigenvalue weighted by Crippen LogP contribution is 2.11. The third kappa shape index (κ3) is 2.34. The second-order valence-electron chi connectivity index (χ2n) is 3.65. The predicted octanol–water partition coefficient (Wildman–Crippen LogP) is -0.345. The molecule has 1 fully saturated rings. The molecule has 0 radical (unpaired) electrons. The van der Waals surface area contributed by atoms with Crippen LogP contribution < -0.4 is 0 Å². The van der Waals surface area contributed by atoms with Crippen molar-refractivity contribution in [2.24, 2.45) is 0 Å². The molecule has 1 aliphatic heterocycles. The molecule has 0 N–H and O–H groups in total. The van der Waals surface area contributed by atoms with Gasteiger partial charge in [-0.25, -0.2) is 0 Å². The van der Waals surface area contributed by atoms with Crippen molar-refractivity contribution in [2.75, 3.05) is 19.6 Å². The third-order valence-corrected chi connectivity index (χ3v) is 2.61. The van der Waals surface area contributed by atoms with Gasteiger partial charge in [0, 0.05) is 32.1 Å². The number of carbonyl (C=O) groups is 3. The Balaban J connectivity index is 2.68. The van der Waals surface area contributed by atoms with Crippen molar-refractivity contribution in [2.45, 2.75) is 26.3 Å². The van der Waals surface area contributed by atoms with Crippen molar-refractivity contribution in [1.82, 2.24) is 9.80 Å². The molecule has 0 aliphatic carbocycles. The van der Waals surface area contributed by atoms with Crippen molar-refractivity contribution in [1.29, 1.82) is 0 Å². The number of rotatable bonds is 4. The van der Waals surface area contributed by atoms with Crippen molar-refractivity contribution in [3.8, 4) is 0 Å². The molecule has 0 aromatic carbocycles. The quantitative estimate of drug-likeness (QED) is 0.473. The molecule has 0 spiro atoms. The molecule has 5 nitrogen and oxygen atoms in total. The Morgan fingerprint density at radius 1 is 1.40 bits per heavy atom. The average Bonchev–Trinajstić information content (AvgIpc) is 2.22. The van der Waals surface area contributed by atoms with Gasteiger partial charge in [0.25, 0.3) is 0 Å². The molecule has 0 saturated carbocycles. The average molecular weight is 212 g/mol. The molecular weight excluding hydrogens is 196 g/mol.